The highest BCUT2D eigenvalue weighted by Gasteiger charge is 2.05. The van der Waals surface area contributed by atoms with Crippen molar-refractivity contribution in [2.24, 2.45) is 7.05 Å². The average molecular weight is 281 g/mol. The molecule has 1 heterocycles. The number of benzene rings is 2. The van der Waals surface area contributed by atoms with Gasteiger partial charge in [-0.2, -0.15) is 0 Å². The van der Waals surface area contributed by atoms with Gasteiger partial charge in [0.15, 0.2) is 0 Å². The molecule has 2 N–H and O–H groups in total. The van der Waals surface area contributed by atoms with Crippen LogP contribution in [0.25, 0.3) is 10.9 Å². The molecule has 0 spiro atoms. The zero-order valence-corrected chi connectivity index (χ0v) is 11.8. The maximum atomic E-state index is 12.1. The summed E-state index contributed by atoms with van der Waals surface area (Å²) in [5.74, 6) is 1.28. The third kappa shape index (κ3) is 2.45. The molecule has 0 radical (unpaired) electrons. The van der Waals surface area contributed by atoms with E-state index < -0.39 is 0 Å². The second kappa shape index (κ2) is 4.94. The summed E-state index contributed by atoms with van der Waals surface area (Å²) in [7, 11) is 1.67. The molecular weight excluding hydrogens is 266 g/mol. The number of nitrogens with two attached hydrogens (primary N) is 1. The molecule has 3 rings (SSSR count). The Morgan fingerprint density at radius 1 is 1.14 bits per heavy atom. The predicted molar refractivity (Wildman–Crippen MR) is 82.6 cm³/mol. The maximum absolute atomic E-state index is 12.1. The number of aryl methyl sites for hydroxylation is 2. The normalized spacial score (nSPS) is 10.8. The molecule has 0 bridgehead atoms. The fourth-order valence-electron chi connectivity index (χ4n) is 2.10. The topological polar surface area (TPSA) is 70.1 Å². The molecule has 0 aliphatic carbocycles. The van der Waals surface area contributed by atoms with Gasteiger partial charge in [0.05, 0.1) is 17.2 Å². The van der Waals surface area contributed by atoms with Crippen molar-refractivity contribution < 1.29 is 4.74 Å². The molecular formula is C16H15N3O2. The van der Waals surface area contributed by atoms with Gasteiger partial charge in [-0.05, 0) is 48.9 Å². The van der Waals surface area contributed by atoms with Crippen molar-refractivity contribution in [3.63, 3.8) is 0 Å². The molecule has 0 fully saturated rings. The Balaban J connectivity index is 2.03. The van der Waals surface area contributed by atoms with Crippen molar-refractivity contribution in [3.05, 3.63) is 58.6 Å². The number of nitrogen functional groups attached to an aromatic ring is 1. The monoisotopic (exact) mass is 281 g/mol. The lowest BCUT2D eigenvalue weighted by Gasteiger charge is -2.08. The van der Waals surface area contributed by atoms with Crippen LogP contribution in [0.5, 0.6) is 11.5 Å². The first-order valence-corrected chi connectivity index (χ1v) is 6.54. The lowest BCUT2D eigenvalue weighted by Crippen LogP contribution is -2.16. The third-order valence-electron chi connectivity index (χ3n) is 3.37. The summed E-state index contributed by atoms with van der Waals surface area (Å²) in [6.45, 7) is 1.92. The van der Waals surface area contributed by atoms with Crippen molar-refractivity contribution in [3.8, 4) is 11.5 Å². The van der Waals surface area contributed by atoms with Crippen LogP contribution >= 0.6 is 0 Å². The summed E-state index contributed by atoms with van der Waals surface area (Å²) in [6, 6.07) is 10.7. The number of fused-ring (bicyclic) bond motifs is 1. The number of aromatic nitrogens is 2. The quantitative estimate of drug-likeness (QED) is 0.733. The Morgan fingerprint density at radius 3 is 2.62 bits per heavy atom. The fourth-order valence-corrected chi connectivity index (χ4v) is 2.10. The van der Waals surface area contributed by atoms with Crippen LogP contribution in [-0.2, 0) is 7.05 Å². The van der Waals surface area contributed by atoms with Crippen LogP contribution in [0.1, 0.15) is 5.56 Å². The summed E-state index contributed by atoms with van der Waals surface area (Å²) in [5, 5.41) is 0.532. The maximum Gasteiger partial charge on any atom is 0.261 e. The van der Waals surface area contributed by atoms with Crippen LogP contribution < -0.4 is 16.0 Å². The molecule has 0 saturated carbocycles. The van der Waals surface area contributed by atoms with E-state index in [0.29, 0.717) is 22.4 Å². The lowest BCUT2D eigenvalue weighted by molar-refractivity contribution is 0.483. The smallest absolute Gasteiger partial charge is 0.261 e. The van der Waals surface area contributed by atoms with Crippen molar-refractivity contribution in [2.45, 2.75) is 6.92 Å². The Labute approximate surface area is 121 Å². The van der Waals surface area contributed by atoms with E-state index in [1.165, 1.54) is 10.9 Å². The zero-order chi connectivity index (χ0) is 15.0. The van der Waals surface area contributed by atoms with E-state index in [2.05, 4.69) is 4.98 Å². The minimum Gasteiger partial charge on any atom is -0.457 e. The summed E-state index contributed by atoms with van der Waals surface area (Å²) in [6.07, 6.45) is 1.51. The Kier molecular flexibility index (Phi) is 3.10. The molecule has 21 heavy (non-hydrogen) atoms. The Morgan fingerprint density at radius 2 is 1.86 bits per heavy atom. The molecule has 0 aliphatic rings. The van der Waals surface area contributed by atoms with Crippen molar-refractivity contribution in [2.75, 3.05) is 5.73 Å². The van der Waals surface area contributed by atoms with E-state index in [-0.39, 0.29) is 5.56 Å². The first-order chi connectivity index (χ1) is 10.0. The van der Waals surface area contributed by atoms with Gasteiger partial charge in [0.2, 0.25) is 0 Å². The zero-order valence-electron chi connectivity index (χ0n) is 11.8. The second-order valence-electron chi connectivity index (χ2n) is 4.96. The van der Waals surface area contributed by atoms with Gasteiger partial charge < -0.3 is 15.0 Å². The highest BCUT2D eigenvalue weighted by atomic mass is 16.5. The van der Waals surface area contributed by atoms with Gasteiger partial charge in [-0.1, -0.05) is 0 Å². The van der Waals surface area contributed by atoms with Crippen LogP contribution in [0.2, 0.25) is 0 Å². The number of anilines is 1. The number of hydrogen-bond acceptors (Lipinski definition) is 4. The van der Waals surface area contributed by atoms with Crippen LogP contribution in [0, 0.1) is 6.92 Å². The van der Waals surface area contributed by atoms with Crippen molar-refractivity contribution >= 4 is 16.6 Å². The highest BCUT2D eigenvalue weighted by Crippen LogP contribution is 2.26. The number of nitrogens with zero attached hydrogens (tertiary/aromatic N) is 2. The molecule has 5 nitrogen and oxygen atoms in total. The molecule has 5 heteroatoms. The standard InChI is InChI=1S/C16H15N3O2/c1-10-7-11(3-5-14(10)17)21-12-4-6-15-13(8-12)16(20)19(2)9-18-15/h3-9H,17H2,1-2H3. The molecule has 106 valence electrons. The van der Waals surface area contributed by atoms with Gasteiger partial charge in [0, 0.05) is 12.7 Å². The molecule has 2 aromatic carbocycles. The van der Waals surface area contributed by atoms with Crippen molar-refractivity contribution in [1.82, 2.24) is 9.55 Å². The van der Waals surface area contributed by atoms with Gasteiger partial charge in [-0.15, -0.1) is 0 Å². The molecule has 0 aliphatic heterocycles. The minimum atomic E-state index is -0.0982. The SMILES string of the molecule is Cc1cc(Oc2ccc3ncn(C)c(=O)c3c2)ccc1N. The van der Waals surface area contributed by atoms with Crippen molar-refractivity contribution in [1.29, 1.82) is 0 Å². The predicted octanol–water partition coefficient (Wildman–Crippen LogP) is 2.62. The van der Waals surface area contributed by atoms with Gasteiger partial charge in [-0.25, -0.2) is 4.98 Å². The first-order valence-electron chi connectivity index (χ1n) is 6.54. The van der Waals surface area contributed by atoms with E-state index >= 15 is 0 Å². The van der Waals surface area contributed by atoms with Crippen LogP contribution in [0.3, 0.4) is 0 Å². The third-order valence-corrected chi connectivity index (χ3v) is 3.37. The number of rotatable bonds is 2. The molecule has 0 unspecified atom stereocenters. The van der Waals surface area contributed by atoms with E-state index in [0.717, 1.165) is 11.3 Å². The largest absolute Gasteiger partial charge is 0.457 e. The molecule has 3 aromatic rings. The van der Waals surface area contributed by atoms with E-state index in [9.17, 15) is 4.79 Å². The van der Waals surface area contributed by atoms with Crippen LogP contribution in [-0.4, -0.2) is 9.55 Å². The molecule has 1 aromatic heterocycles. The van der Waals surface area contributed by atoms with E-state index in [1.807, 2.05) is 13.0 Å². The van der Waals surface area contributed by atoms with Gasteiger partial charge in [0.25, 0.3) is 5.56 Å². The fraction of sp³-hybridized carbons (Fsp3) is 0.125. The second-order valence-corrected chi connectivity index (χ2v) is 4.96. The van der Waals surface area contributed by atoms with E-state index in [1.54, 1.807) is 37.4 Å². The molecule has 0 atom stereocenters. The van der Waals surface area contributed by atoms with Gasteiger partial charge in [-0.3, -0.25) is 4.79 Å². The number of hydrogen-bond donors (Lipinski definition) is 1. The summed E-state index contributed by atoms with van der Waals surface area (Å²) in [4.78, 5) is 16.3. The summed E-state index contributed by atoms with van der Waals surface area (Å²) >= 11 is 0. The summed E-state index contributed by atoms with van der Waals surface area (Å²) in [5.41, 5.74) is 8.01. The average Bonchev–Trinajstić information content (AvgIpc) is 2.47. The minimum absolute atomic E-state index is 0.0982. The van der Waals surface area contributed by atoms with Crippen LogP contribution in [0.15, 0.2) is 47.5 Å². The van der Waals surface area contributed by atoms with E-state index in [4.69, 9.17) is 10.5 Å². The summed E-state index contributed by atoms with van der Waals surface area (Å²) < 4.78 is 7.23. The van der Waals surface area contributed by atoms with Crippen LogP contribution in [0.4, 0.5) is 5.69 Å². The Bertz CT molecular complexity index is 884. The van der Waals surface area contributed by atoms with Gasteiger partial charge >= 0.3 is 0 Å². The Hall–Kier alpha value is -2.82. The molecule has 0 amide bonds. The highest BCUT2D eigenvalue weighted by molar-refractivity contribution is 5.79. The molecule has 0 saturated heterocycles. The first kappa shape index (κ1) is 13.2. The lowest BCUT2D eigenvalue weighted by atomic mass is 10.2. The number of ether oxygens (including phenoxy) is 1. The van der Waals surface area contributed by atoms with Gasteiger partial charge in [0.1, 0.15) is 11.5 Å².